The fourth-order valence-corrected chi connectivity index (χ4v) is 3.39. The monoisotopic (exact) mass is 483 g/mol. The van der Waals surface area contributed by atoms with Crippen LogP contribution in [-0.4, -0.2) is 53.4 Å². The summed E-state index contributed by atoms with van der Waals surface area (Å²) in [5, 5.41) is 10.9. The summed E-state index contributed by atoms with van der Waals surface area (Å²) in [7, 11) is 1.55. The van der Waals surface area contributed by atoms with Crippen molar-refractivity contribution in [2.45, 2.75) is 26.2 Å². The number of urea groups is 1. The lowest BCUT2D eigenvalue weighted by atomic mass is 9.92. The Morgan fingerprint density at radius 1 is 1.06 bits per heavy atom. The van der Waals surface area contributed by atoms with Gasteiger partial charge in [-0.2, -0.15) is 5.10 Å². The van der Waals surface area contributed by atoms with Crippen molar-refractivity contribution in [1.82, 2.24) is 14.7 Å². The minimum atomic E-state index is -0.395. The molecule has 3 amide bonds. The number of carbonyl (C=O) groups excluding carboxylic acids is 2. The van der Waals surface area contributed by atoms with E-state index in [1.54, 1.807) is 30.0 Å². The SMILES string of the molecule is COCCN(CC(=O)Nc1cc(C(C)(C)C)nn1-c1ccccc1Cl)C(=O)Nc1ccccc1. The number of ether oxygens (including phenoxy) is 1. The smallest absolute Gasteiger partial charge is 0.322 e. The zero-order valence-electron chi connectivity index (χ0n) is 19.8. The van der Waals surface area contributed by atoms with Gasteiger partial charge in [0, 0.05) is 30.8 Å². The van der Waals surface area contributed by atoms with Gasteiger partial charge in [0.2, 0.25) is 5.91 Å². The van der Waals surface area contributed by atoms with Crippen LogP contribution < -0.4 is 10.6 Å². The van der Waals surface area contributed by atoms with Gasteiger partial charge in [0.05, 0.1) is 23.0 Å². The molecule has 2 aromatic carbocycles. The average Bonchev–Trinajstić information content (AvgIpc) is 3.21. The highest BCUT2D eigenvalue weighted by Crippen LogP contribution is 2.29. The van der Waals surface area contributed by atoms with Crippen molar-refractivity contribution in [3.05, 3.63) is 71.4 Å². The van der Waals surface area contributed by atoms with Crippen LogP contribution in [0.15, 0.2) is 60.7 Å². The van der Waals surface area contributed by atoms with E-state index >= 15 is 0 Å². The normalized spacial score (nSPS) is 11.2. The summed E-state index contributed by atoms with van der Waals surface area (Å²) in [5.41, 5.74) is 1.84. The van der Waals surface area contributed by atoms with Gasteiger partial charge in [0.1, 0.15) is 12.4 Å². The second-order valence-electron chi connectivity index (χ2n) is 8.79. The molecule has 0 saturated carbocycles. The maximum absolute atomic E-state index is 13.0. The summed E-state index contributed by atoms with van der Waals surface area (Å²) in [5.74, 6) is 0.103. The molecule has 0 fully saturated rings. The van der Waals surface area contributed by atoms with Crippen molar-refractivity contribution >= 4 is 35.0 Å². The zero-order valence-corrected chi connectivity index (χ0v) is 20.6. The van der Waals surface area contributed by atoms with Crippen molar-refractivity contribution in [3.63, 3.8) is 0 Å². The number of amides is 3. The van der Waals surface area contributed by atoms with Gasteiger partial charge in [0.25, 0.3) is 0 Å². The van der Waals surface area contributed by atoms with Crippen molar-refractivity contribution in [1.29, 1.82) is 0 Å². The van der Waals surface area contributed by atoms with Crippen LogP contribution in [0.25, 0.3) is 5.69 Å². The van der Waals surface area contributed by atoms with Gasteiger partial charge in [0.15, 0.2) is 0 Å². The molecule has 0 aliphatic carbocycles. The summed E-state index contributed by atoms with van der Waals surface area (Å²) in [6.45, 7) is 6.50. The Bertz CT molecular complexity index is 1130. The molecule has 3 rings (SSSR count). The predicted molar refractivity (Wildman–Crippen MR) is 135 cm³/mol. The number of nitrogens with zero attached hydrogens (tertiary/aromatic N) is 3. The molecule has 0 bridgehead atoms. The Labute approximate surface area is 204 Å². The number of rotatable bonds is 8. The van der Waals surface area contributed by atoms with Crippen LogP contribution in [0.5, 0.6) is 0 Å². The van der Waals surface area contributed by atoms with E-state index in [-0.39, 0.29) is 24.4 Å². The molecule has 2 N–H and O–H groups in total. The van der Waals surface area contributed by atoms with Crippen LogP contribution in [-0.2, 0) is 14.9 Å². The molecule has 0 unspecified atom stereocenters. The lowest BCUT2D eigenvalue weighted by Crippen LogP contribution is -2.42. The fraction of sp³-hybridized carbons (Fsp3) is 0.320. The number of aromatic nitrogens is 2. The molecule has 0 aliphatic rings. The second-order valence-corrected chi connectivity index (χ2v) is 9.19. The fourth-order valence-electron chi connectivity index (χ4n) is 3.18. The van der Waals surface area contributed by atoms with Crippen molar-refractivity contribution < 1.29 is 14.3 Å². The van der Waals surface area contributed by atoms with E-state index in [9.17, 15) is 9.59 Å². The predicted octanol–water partition coefficient (Wildman–Crippen LogP) is 4.94. The van der Waals surface area contributed by atoms with E-state index in [1.165, 1.54) is 4.90 Å². The first-order valence-corrected chi connectivity index (χ1v) is 11.3. The summed E-state index contributed by atoms with van der Waals surface area (Å²) in [4.78, 5) is 27.2. The van der Waals surface area contributed by atoms with Crippen LogP contribution in [0.2, 0.25) is 5.02 Å². The summed E-state index contributed by atoms with van der Waals surface area (Å²) in [6, 6.07) is 17.8. The molecule has 0 spiro atoms. The Kier molecular flexibility index (Phi) is 8.31. The molecule has 1 aromatic heterocycles. The van der Waals surface area contributed by atoms with Gasteiger partial charge in [-0.1, -0.05) is 62.7 Å². The number of hydrogen-bond donors (Lipinski definition) is 2. The van der Waals surface area contributed by atoms with E-state index in [2.05, 4.69) is 15.7 Å². The molecular formula is C25H30ClN5O3. The third-order valence-electron chi connectivity index (χ3n) is 5.04. The third-order valence-corrected chi connectivity index (χ3v) is 5.36. The van der Waals surface area contributed by atoms with Crippen LogP contribution in [0.4, 0.5) is 16.3 Å². The molecular weight excluding hydrogens is 454 g/mol. The lowest BCUT2D eigenvalue weighted by molar-refractivity contribution is -0.116. The van der Waals surface area contributed by atoms with Crippen LogP contribution in [0.1, 0.15) is 26.5 Å². The molecule has 3 aromatic rings. The molecule has 9 heteroatoms. The molecule has 8 nitrogen and oxygen atoms in total. The number of methoxy groups -OCH3 is 1. The summed E-state index contributed by atoms with van der Waals surface area (Å²) in [6.07, 6.45) is 0. The molecule has 34 heavy (non-hydrogen) atoms. The number of hydrogen-bond acceptors (Lipinski definition) is 4. The number of benzene rings is 2. The Balaban J connectivity index is 1.81. The van der Waals surface area contributed by atoms with E-state index < -0.39 is 6.03 Å². The first kappa shape index (κ1) is 25.3. The highest BCUT2D eigenvalue weighted by Gasteiger charge is 2.23. The third kappa shape index (κ3) is 6.59. The highest BCUT2D eigenvalue weighted by molar-refractivity contribution is 6.32. The first-order valence-electron chi connectivity index (χ1n) is 10.9. The highest BCUT2D eigenvalue weighted by atomic mass is 35.5. The largest absolute Gasteiger partial charge is 0.383 e. The Morgan fingerprint density at radius 3 is 2.38 bits per heavy atom. The van der Waals surface area contributed by atoms with Crippen LogP contribution in [0, 0.1) is 0 Å². The van der Waals surface area contributed by atoms with E-state index in [4.69, 9.17) is 16.3 Å². The van der Waals surface area contributed by atoms with Gasteiger partial charge < -0.3 is 20.3 Å². The number of halogens is 1. The Morgan fingerprint density at radius 2 is 1.74 bits per heavy atom. The van der Waals surface area contributed by atoms with Gasteiger partial charge in [-0.15, -0.1) is 0 Å². The minimum absolute atomic E-state index is 0.166. The van der Waals surface area contributed by atoms with Gasteiger partial charge in [-0.05, 0) is 24.3 Å². The van der Waals surface area contributed by atoms with Crippen LogP contribution >= 0.6 is 11.6 Å². The van der Waals surface area contributed by atoms with Crippen molar-refractivity contribution in [3.8, 4) is 5.69 Å². The maximum Gasteiger partial charge on any atom is 0.322 e. The molecule has 0 aliphatic heterocycles. The zero-order chi connectivity index (χ0) is 24.7. The number of para-hydroxylation sites is 2. The molecule has 1 heterocycles. The lowest BCUT2D eigenvalue weighted by Gasteiger charge is -2.22. The van der Waals surface area contributed by atoms with E-state index in [0.29, 0.717) is 28.8 Å². The van der Waals surface area contributed by atoms with E-state index in [0.717, 1.165) is 5.69 Å². The molecule has 0 atom stereocenters. The summed E-state index contributed by atoms with van der Waals surface area (Å²) < 4.78 is 6.74. The molecule has 0 radical (unpaired) electrons. The molecule has 0 saturated heterocycles. The Hall–Kier alpha value is -3.36. The topological polar surface area (TPSA) is 88.5 Å². The summed E-state index contributed by atoms with van der Waals surface area (Å²) >= 11 is 6.40. The molecule has 180 valence electrons. The number of anilines is 2. The second kappa shape index (κ2) is 11.2. The number of carbonyl (C=O) groups is 2. The number of nitrogens with one attached hydrogen (secondary N) is 2. The quantitative estimate of drug-likeness (QED) is 0.475. The standard InChI is InChI=1S/C25H30ClN5O3/c1-25(2,3)21-16-22(31(29-21)20-13-9-8-12-19(20)26)28-23(32)17-30(14-15-34-4)24(33)27-18-10-6-5-7-11-18/h5-13,16H,14-15,17H2,1-4H3,(H,27,33)(H,28,32). The van der Waals surface area contributed by atoms with Crippen molar-refractivity contribution in [2.75, 3.05) is 37.4 Å². The van der Waals surface area contributed by atoms with Crippen LogP contribution in [0.3, 0.4) is 0 Å². The van der Waals surface area contributed by atoms with Gasteiger partial charge in [-0.3, -0.25) is 4.79 Å². The average molecular weight is 484 g/mol. The van der Waals surface area contributed by atoms with Gasteiger partial charge >= 0.3 is 6.03 Å². The van der Waals surface area contributed by atoms with Crippen molar-refractivity contribution in [2.24, 2.45) is 0 Å². The van der Waals surface area contributed by atoms with Gasteiger partial charge in [-0.25, -0.2) is 9.48 Å². The first-order chi connectivity index (χ1) is 16.2. The minimum Gasteiger partial charge on any atom is -0.383 e. The van der Waals surface area contributed by atoms with E-state index in [1.807, 2.05) is 63.2 Å². The maximum atomic E-state index is 13.0.